The number of nitrogens with one attached hydrogen (secondary N) is 2. The maximum Gasteiger partial charge on any atom is 0.272 e. The van der Waals surface area contributed by atoms with Gasteiger partial charge in [0.1, 0.15) is 17.1 Å². The molecule has 0 amide bonds. The van der Waals surface area contributed by atoms with Crippen molar-refractivity contribution in [3.8, 4) is 0 Å². The molecule has 7 heteroatoms. The SMILES string of the molecule is CC(C)C[C@@H](Nc1ccc(S(=O)(=O)N2CCOCC2)c[nH+]1)c1ccccc1. The zero-order chi connectivity index (χ0) is 19.3. The van der Waals surface area contributed by atoms with Gasteiger partial charge in [-0.2, -0.15) is 4.31 Å². The van der Waals surface area contributed by atoms with Gasteiger partial charge in [0.05, 0.1) is 13.2 Å². The minimum Gasteiger partial charge on any atom is -0.379 e. The van der Waals surface area contributed by atoms with Gasteiger partial charge >= 0.3 is 0 Å². The Hall–Kier alpha value is -1.96. The maximum atomic E-state index is 12.7. The number of H-pyrrole nitrogens is 1. The van der Waals surface area contributed by atoms with Crippen LogP contribution >= 0.6 is 0 Å². The highest BCUT2D eigenvalue weighted by molar-refractivity contribution is 7.89. The quantitative estimate of drug-likeness (QED) is 0.789. The largest absolute Gasteiger partial charge is 0.379 e. The summed E-state index contributed by atoms with van der Waals surface area (Å²) in [4.78, 5) is 3.38. The average Bonchev–Trinajstić information content (AvgIpc) is 2.69. The van der Waals surface area contributed by atoms with Gasteiger partial charge in [-0.15, -0.1) is 0 Å². The second kappa shape index (κ2) is 8.82. The number of sulfonamides is 1. The van der Waals surface area contributed by atoms with Crippen LogP contribution in [-0.2, 0) is 14.8 Å². The van der Waals surface area contributed by atoms with E-state index in [1.54, 1.807) is 18.3 Å². The molecular formula is C20H28N3O3S+. The Bertz CT molecular complexity index is 817. The Morgan fingerprint density at radius 2 is 1.81 bits per heavy atom. The molecule has 1 fully saturated rings. The number of aromatic nitrogens is 1. The summed E-state index contributed by atoms with van der Waals surface area (Å²) in [6.07, 6.45) is 2.54. The molecule has 1 aliphatic heterocycles. The summed E-state index contributed by atoms with van der Waals surface area (Å²) < 4.78 is 32.1. The standard InChI is InChI=1S/C20H27N3O3S/c1-16(2)14-19(17-6-4-3-5-7-17)22-20-9-8-18(15-21-20)27(24,25)23-10-12-26-13-11-23/h3-9,15-16,19H,10-14H2,1-2H3,(H,21,22)/p+1/t19-/m1/s1. The van der Waals surface area contributed by atoms with Gasteiger partial charge in [-0.1, -0.05) is 44.2 Å². The smallest absolute Gasteiger partial charge is 0.272 e. The van der Waals surface area contributed by atoms with E-state index in [-0.39, 0.29) is 10.9 Å². The molecule has 0 radical (unpaired) electrons. The number of pyridine rings is 1. The summed E-state index contributed by atoms with van der Waals surface area (Å²) in [5, 5.41) is 3.50. The van der Waals surface area contributed by atoms with Crippen molar-refractivity contribution in [3.63, 3.8) is 0 Å². The van der Waals surface area contributed by atoms with Gasteiger partial charge in [-0.25, -0.2) is 13.4 Å². The fourth-order valence-electron chi connectivity index (χ4n) is 3.22. The number of benzene rings is 1. The van der Waals surface area contributed by atoms with E-state index < -0.39 is 10.0 Å². The fraction of sp³-hybridized carbons (Fsp3) is 0.450. The number of hydrogen-bond donors (Lipinski definition) is 1. The van der Waals surface area contributed by atoms with Crippen molar-refractivity contribution in [1.82, 2.24) is 4.31 Å². The Morgan fingerprint density at radius 1 is 1.11 bits per heavy atom. The summed E-state index contributed by atoms with van der Waals surface area (Å²) in [7, 11) is -3.48. The summed E-state index contributed by atoms with van der Waals surface area (Å²) in [5.41, 5.74) is 1.21. The molecule has 27 heavy (non-hydrogen) atoms. The predicted octanol–water partition coefficient (Wildman–Crippen LogP) is 2.72. The third-order valence-corrected chi connectivity index (χ3v) is 6.53. The van der Waals surface area contributed by atoms with E-state index in [9.17, 15) is 8.42 Å². The molecule has 2 N–H and O–H groups in total. The lowest BCUT2D eigenvalue weighted by atomic mass is 9.97. The number of anilines is 1. The second-order valence-electron chi connectivity index (χ2n) is 7.19. The van der Waals surface area contributed by atoms with Crippen LogP contribution < -0.4 is 10.3 Å². The highest BCUT2D eigenvalue weighted by Gasteiger charge is 2.27. The molecule has 0 saturated carbocycles. The van der Waals surface area contributed by atoms with Gasteiger partial charge in [0.25, 0.3) is 5.82 Å². The Kier molecular flexibility index (Phi) is 6.46. The van der Waals surface area contributed by atoms with Crippen LogP contribution in [0.3, 0.4) is 0 Å². The van der Waals surface area contributed by atoms with Gasteiger partial charge < -0.3 is 4.74 Å². The molecular weight excluding hydrogens is 362 g/mol. The van der Waals surface area contributed by atoms with E-state index in [4.69, 9.17) is 4.74 Å². The van der Waals surface area contributed by atoms with Crippen LogP contribution in [0, 0.1) is 5.92 Å². The highest BCUT2D eigenvalue weighted by Crippen LogP contribution is 2.25. The molecule has 1 aromatic carbocycles. The first kappa shape index (κ1) is 19.8. The Morgan fingerprint density at radius 3 is 2.41 bits per heavy atom. The highest BCUT2D eigenvalue weighted by atomic mass is 32.2. The zero-order valence-electron chi connectivity index (χ0n) is 15.9. The molecule has 146 valence electrons. The second-order valence-corrected chi connectivity index (χ2v) is 9.13. The monoisotopic (exact) mass is 390 g/mol. The van der Waals surface area contributed by atoms with Crippen LogP contribution in [0.1, 0.15) is 31.9 Å². The molecule has 1 aromatic heterocycles. The van der Waals surface area contributed by atoms with E-state index in [1.165, 1.54) is 9.87 Å². The van der Waals surface area contributed by atoms with Crippen LogP contribution in [0.15, 0.2) is 53.6 Å². The molecule has 0 unspecified atom stereocenters. The molecule has 2 heterocycles. The van der Waals surface area contributed by atoms with Crippen molar-refractivity contribution in [2.24, 2.45) is 5.92 Å². The van der Waals surface area contributed by atoms with E-state index in [2.05, 4.69) is 36.3 Å². The first-order valence-electron chi connectivity index (χ1n) is 9.38. The lowest BCUT2D eigenvalue weighted by molar-refractivity contribution is -0.364. The van der Waals surface area contributed by atoms with Crippen LogP contribution in [-0.4, -0.2) is 39.0 Å². The topological polar surface area (TPSA) is 72.8 Å². The minimum absolute atomic E-state index is 0.157. The molecule has 3 rings (SSSR count). The van der Waals surface area contributed by atoms with E-state index in [0.717, 1.165) is 12.2 Å². The maximum absolute atomic E-state index is 12.7. The predicted molar refractivity (Wildman–Crippen MR) is 105 cm³/mol. The first-order valence-corrected chi connectivity index (χ1v) is 10.8. The molecule has 6 nitrogen and oxygen atoms in total. The summed E-state index contributed by atoms with van der Waals surface area (Å²) in [6.45, 7) is 6.06. The van der Waals surface area contributed by atoms with Gasteiger partial charge in [-0.05, 0) is 24.0 Å². The third-order valence-electron chi connectivity index (χ3n) is 4.63. The van der Waals surface area contributed by atoms with Gasteiger partial charge in [-0.3, -0.25) is 5.32 Å². The Balaban J connectivity index is 1.75. The molecule has 1 saturated heterocycles. The molecule has 1 aliphatic rings. The number of hydrogen-bond acceptors (Lipinski definition) is 4. The number of rotatable bonds is 7. The Labute approximate surface area is 161 Å². The third kappa shape index (κ3) is 5.06. The summed E-state index contributed by atoms with van der Waals surface area (Å²) in [6, 6.07) is 13.9. The van der Waals surface area contributed by atoms with Crippen molar-refractivity contribution in [1.29, 1.82) is 0 Å². The molecule has 2 aromatic rings. The molecule has 0 aliphatic carbocycles. The van der Waals surface area contributed by atoms with E-state index in [0.29, 0.717) is 32.2 Å². The van der Waals surface area contributed by atoms with E-state index in [1.807, 2.05) is 18.2 Å². The lowest BCUT2D eigenvalue weighted by Gasteiger charge is -2.25. The van der Waals surface area contributed by atoms with Crippen LogP contribution in [0.25, 0.3) is 0 Å². The lowest BCUT2D eigenvalue weighted by Crippen LogP contribution is -2.40. The average molecular weight is 391 g/mol. The van der Waals surface area contributed by atoms with Crippen LogP contribution in [0.4, 0.5) is 5.82 Å². The fourth-order valence-corrected chi connectivity index (χ4v) is 4.60. The van der Waals surface area contributed by atoms with Crippen LogP contribution in [0.2, 0.25) is 0 Å². The number of ether oxygens (including phenoxy) is 1. The molecule has 1 atom stereocenters. The molecule has 0 spiro atoms. The number of aromatic amines is 1. The summed E-state index contributed by atoms with van der Waals surface area (Å²) in [5.74, 6) is 1.33. The van der Waals surface area contributed by atoms with E-state index >= 15 is 0 Å². The van der Waals surface area contributed by atoms with Crippen molar-refractivity contribution in [3.05, 3.63) is 54.2 Å². The number of morpholine rings is 1. The molecule has 0 bridgehead atoms. The van der Waals surface area contributed by atoms with Gasteiger partial charge in [0.15, 0.2) is 0 Å². The summed E-state index contributed by atoms with van der Waals surface area (Å²) >= 11 is 0. The van der Waals surface area contributed by atoms with Crippen molar-refractivity contribution in [2.75, 3.05) is 31.6 Å². The first-order chi connectivity index (χ1) is 13.0. The van der Waals surface area contributed by atoms with Crippen molar-refractivity contribution >= 4 is 15.8 Å². The van der Waals surface area contributed by atoms with Gasteiger partial charge in [0, 0.05) is 19.2 Å². The van der Waals surface area contributed by atoms with Crippen molar-refractivity contribution in [2.45, 2.75) is 31.2 Å². The number of nitrogens with zero attached hydrogens (tertiary/aromatic N) is 1. The zero-order valence-corrected chi connectivity index (χ0v) is 16.7. The van der Waals surface area contributed by atoms with Gasteiger partial charge in [0.2, 0.25) is 10.0 Å². The van der Waals surface area contributed by atoms with Crippen LogP contribution in [0.5, 0.6) is 0 Å². The minimum atomic E-state index is -3.48. The van der Waals surface area contributed by atoms with Crippen molar-refractivity contribution < 1.29 is 18.1 Å². The normalized spacial score (nSPS) is 17.0.